The van der Waals surface area contributed by atoms with E-state index < -0.39 is 0 Å². The van der Waals surface area contributed by atoms with E-state index in [0.717, 1.165) is 67.8 Å². The summed E-state index contributed by atoms with van der Waals surface area (Å²) in [5.41, 5.74) is 4.36. The molecule has 3 fully saturated rings. The molecule has 3 aliphatic rings. The average Bonchev–Trinajstić information content (AvgIpc) is 3.07. The summed E-state index contributed by atoms with van der Waals surface area (Å²) in [6, 6.07) is 23.9. The molecule has 0 aliphatic carbocycles. The van der Waals surface area contributed by atoms with Gasteiger partial charge in [0.05, 0.1) is 53.9 Å². The van der Waals surface area contributed by atoms with Gasteiger partial charge in [-0.3, -0.25) is 0 Å². The summed E-state index contributed by atoms with van der Waals surface area (Å²) in [7, 11) is 3.31. The number of ether oxygens (including phenoxy) is 8. The molecule has 0 aromatic heterocycles. The monoisotopic (exact) mass is 608 g/mol. The van der Waals surface area contributed by atoms with Crippen LogP contribution in [0.5, 0.6) is 11.5 Å². The fourth-order valence-corrected chi connectivity index (χ4v) is 4.74. The fraction of sp³-hybridized carbons (Fsp3) is 0.500. The molecule has 8 nitrogen and oxygen atoms in total. The first-order valence-electron chi connectivity index (χ1n) is 15.4. The van der Waals surface area contributed by atoms with Crippen LogP contribution < -0.4 is 9.47 Å². The first-order valence-corrected chi connectivity index (χ1v) is 15.4. The predicted molar refractivity (Wildman–Crippen MR) is 169 cm³/mol. The van der Waals surface area contributed by atoms with Crippen molar-refractivity contribution in [1.82, 2.24) is 0 Å². The molecule has 0 N–H and O–H groups in total. The van der Waals surface area contributed by atoms with Gasteiger partial charge in [-0.15, -0.1) is 0 Å². The van der Waals surface area contributed by atoms with Crippen LogP contribution in [0.3, 0.4) is 0 Å². The van der Waals surface area contributed by atoms with Crippen LogP contribution in [-0.2, 0) is 28.4 Å². The van der Waals surface area contributed by atoms with Crippen LogP contribution in [0.1, 0.15) is 61.9 Å². The highest BCUT2D eigenvalue weighted by Gasteiger charge is 2.24. The Bertz CT molecular complexity index is 1220. The number of hydrogen-bond acceptors (Lipinski definition) is 8. The normalized spacial score (nSPS) is 26.7. The van der Waals surface area contributed by atoms with Gasteiger partial charge in [-0.05, 0) is 25.1 Å². The maximum absolute atomic E-state index is 5.62. The minimum absolute atomic E-state index is 0.160. The standard InChI is InChI=1S/2C12H16O3.C12H16O2/c1-9-7-14-12(15-8-9)10-4-3-5-11(6-10)13-2;1-9-7-14-12(15-8-9)10-5-3-4-6-11(10)13-2;1-9-3-5-11(6-4-9)12-13-7-10(2)8-14-12/h2*3-6,9,12H,7-8H2,1-2H3;3-6,10,12H,7-8H2,1-2H3. The molecule has 0 atom stereocenters. The Balaban J connectivity index is 0.000000151. The van der Waals surface area contributed by atoms with E-state index in [1.165, 1.54) is 5.56 Å². The van der Waals surface area contributed by atoms with Crippen molar-refractivity contribution in [2.75, 3.05) is 53.9 Å². The van der Waals surface area contributed by atoms with E-state index in [4.69, 9.17) is 37.9 Å². The lowest BCUT2D eigenvalue weighted by Gasteiger charge is -2.28. The van der Waals surface area contributed by atoms with E-state index in [0.29, 0.717) is 17.8 Å². The maximum Gasteiger partial charge on any atom is 0.187 e. The molecule has 0 saturated carbocycles. The summed E-state index contributed by atoms with van der Waals surface area (Å²) in [4.78, 5) is 0. The van der Waals surface area contributed by atoms with Gasteiger partial charge in [0, 0.05) is 34.4 Å². The van der Waals surface area contributed by atoms with Crippen LogP contribution in [0, 0.1) is 24.7 Å². The summed E-state index contributed by atoms with van der Waals surface area (Å²) in [6.07, 6.45) is -0.680. The lowest BCUT2D eigenvalue weighted by Crippen LogP contribution is -2.25. The third-order valence-corrected chi connectivity index (χ3v) is 7.30. The molecule has 0 bridgehead atoms. The van der Waals surface area contributed by atoms with E-state index in [-0.39, 0.29) is 18.9 Å². The quantitative estimate of drug-likeness (QED) is 0.296. The van der Waals surface area contributed by atoms with Gasteiger partial charge in [0.2, 0.25) is 0 Å². The lowest BCUT2D eigenvalue weighted by atomic mass is 10.1. The molecule has 240 valence electrons. The van der Waals surface area contributed by atoms with Crippen molar-refractivity contribution < 1.29 is 37.9 Å². The van der Waals surface area contributed by atoms with Crippen molar-refractivity contribution >= 4 is 0 Å². The first-order chi connectivity index (χ1) is 21.4. The molecule has 3 aromatic rings. The minimum Gasteiger partial charge on any atom is -0.497 e. The Kier molecular flexibility index (Phi) is 13.5. The van der Waals surface area contributed by atoms with Gasteiger partial charge in [0.25, 0.3) is 0 Å². The molecular weight excluding hydrogens is 560 g/mol. The second-order valence-electron chi connectivity index (χ2n) is 11.7. The second-order valence-corrected chi connectivity index (χ2v) is 11.7. The van der Waals surface area contributed by atoms with Gasteiger partial charge in [0.15, 0.2) is 18.9 Å². The molecule has 0 spiro atoms. The second kappa shape index (κ2) is 17.5. The maximum atomic E-state index is 5.62. The number of methoxy groups -OCH3 is 2. The SMILES string of the molecule is COc1cccc(C2OCC(C)CO2)c1.COc1ccccc1C1OCC(C)CO1.Cc1ccc(C2OCC(C)CO2)cc1. The van der Waals surface area contributed by atoms with Crippen LogP contribution in [0.25, 0.3) is 0 Å². The van der Waals surface area contributed by atoms with E-state index in [1.807, 2.05) is 48.5 Å². The number of para-hydroxylation sites is 1. The van der Waals surface area contributed by atoms with Gasteiger partial charge in [0.1, 0.15) is 11.5 Å². The lowest BCUT2D eigenvalue weighted by molar-refractivity contribution is -0.202. The summed E-state index contributed by atoms with van der Waals surface area (Å²) >= 11 is 0. The molecule has 0 amide bonds. The Morgan fingerprint density at radius 1 is 0.523 bits per heavy atom. The molecule has 0 radical (unpaired) electrons. The van der Waals surface area contributed by atoms with Gasteiger partial charge in [-0.2, -0.15) is 0 Å². The average molecular weight is 609 g/mol. The smallest absolute Gasteiger partial charge is 0.187 e. The highest BCUT2D eigenvalue weighted by molar-refractivity contribution is 5.34. The molecule has 3 heterocycles. The van der Waals surface area contributed by atoms with E-state index in [1.54, 1.807) is 14.2 Å². The molecule has 3 aromatic carbocycles. The van der Waals surface area contributed by atoms with Crippen LogP contribution in [-0.4, -0.2) is 53.9 Å². The Labute approximate surface area is 262 Å². The van der Waals surface area contributed by atoms with Crippen molar-refractivity contribution in [2.24, 2.45) is 17.8 Å². The minimum atomic E-state index is -0.280. The molecular formula is C36H48O8. The highest BCUT2D eigenvalue weighted by Crippen LogP contribution is 2.31. The van der Waals surface area contributed by atoms with Crippen molar-refractivity contribution in [3.8, 4) is 11.5 Å². The van der Waals surface area contributed by atoms with E-state index in [9.17, 15) is 0 Å². The Morgan fingerprint density at radius 2 is 1.02 bits per heavy atom. The van der Waals surface area contributed by atoms with Gasteiger partial charge < -0.3 is 37.9 Å². The molecule has 44 heavy (non-hydrogen) atoms. The number of benzene rings is 3. The van der Waals surface area contributed by atoms with Crippen molar-refractivity contribution in [2.45, 2.75) is 46.6 Å². The van der Waals surface area contributed by atoms with E-state index >= 15 is 0 Å². The van der Waals surface area contributed by atoms with E-state index in [2.05, 4.69) is 52.0 Å². The summed E-state index contributed by atoms with van der Waals surface area (Å²) in [6.45, 7) is 13.0. The fourth-order valence-electron chi connectivity index (χ4n) is 4.74. The van der Waals surface area contributed by atoms with Crippen LogP contribution in [0.2, 0.25) is 0 Å². The molecule has 8 heteroatoms. The zero-order chi connectivity index (χ0) is 31.3. The number of hydrogen-bond donors (Lipinski definition) is 0. The third-order valence-electron chi connectivity index (χ3n) is 7.30. The molecule has 3 aliphatic heterocycles. The third kappa shape index (κ3) is 10.3. The van der Waals surface area contributed by atoms with Gasteiger partial charge >= 0.3 is 0 Å². The first kappa shape index (κ1) is 33.9. The summed E-state index contributed by atoms with van der Waals surface area (Å²) in [5.74, 6) is 3.11. The Hall–Kier alpha value is -2.98. The Morgan fingerprint density at radius 3 is 1.55 bits per heavy atom. The number of aryl methyl sites for hydroxylation is 1. The number of rotatable bonds is 5. The van der Waals surface area contributed by atoms with Crippen molar-refractivity contribution in [3.05, 3.63) is 95.1 Å². The van der Waals surface area contributed by atoms with Crippen molar-refractivity contribution in [3.63, 3.8) is 0 Å². The highest BCUT2D eigenvalue weighted by atomic mass is 16.7. The molecule has 6 rings (SSSR count). The van der Waals surface area contributed by atoms with Crippen LogP contribution in [0.4, 0.5) is 0 Å². The van der Waals surface area contributed by atoms with Crippen LogP contribution in [0.15, 0.2) is 72.8 Å². The van der Waals surface area contributed by atoms with Crippen molar-refractivity contribution in [1.29, 1.82) is 0 Å². The van der Waals surface area contributed by atoms with Crippen LogP contribution >= 0.6 is 0 Å². The molecule has 3 saturated heterocycles. The predicted octanol–water partition coefficient (Wildman–Crippen LogP) is 7.43. The zero-order valence-electron chi connectivity index (χ0n) is 26.9. The van der Waals surface area contributed by atoms with Gasteiger partial charge in [-0.25, -0.2) is 0 Å². The molecule has 0 unspecified atom stereocenters. The summed E-state index contributed by atoms with van der Waals surface area (Å²) < 4.78 is 44.0. The largest absolute Gasteiger partial charge is 0.497 e. The van der Waals surface area contributed by atoms with Gasteiger partial charge in [-0.1, -0.05) is 80.9 Å². The summed E-state index contributed by atoms with van der Waals surface area (Å²) in [5, 5.41) is 0. The zero-order valence-corrected chi connectivity index (χ0v) is 26.9. The topological polar surface area (TPSA) is 73.8 Å².